The van der Waals surface area contributed by atoms with Crippen LogP contribution in [0.3, 0.4) is 0 Å². The molecule has 1 aliphatic carbocycles. The molecule has 2 aliphatic heterocycles. The van der Waals surface area contributed by atoms with Gasteiger partial charge in [-0.3, -0.25) is 0 Å². The van der Waals surface area contributed by atoms with E-state index in [9.17, 15) is 9.50 Å². The maximum Gasteiger partial charge on any atom is 0.233 e. The molecule has 1 aromatic carbocycles. The van der Waals surface area contributed by atoms with Crippen molar-refractivity contribution in [3.8, 4) is 28.6 Å². The third-order valence-corrected chi connectivity index (χ3v) is 5.49. The second-order valence-electron chi connectivity index (χ2n) is 7.18. The molecule has 3 aliphatic rings. The van der Waals surface area contributed by atoms with Crippen molar-refractivity contribution < 1.29 is 14.2 Å². The van der Waals surface area contributed by atoms with Crippen molar-refractivity contribution in [3.63, 3.8) is 0 Å². The van der Waals surface area contributed by atoms with Crippen molar-refractivity contribution >= 4 is 0 Å². The Morgan fingerprint density at radius 2 is 2.11 bits per heavy atom. The zero-order valence-corrected chi connectivity index (χ0v) is 14.9. The first-order chi connectivity index (χ1) is 13.7. The highest BCUT2D eigenvalue weighted by Gasteiger charge is 2.45. The molecule has 9 heteroatoms. The summed E-state index contributed by atoms with van der Waals surface area (Å²) in [6, 6.07) is 8.35. The van der Waals surface area contributed by atoms with Crippen LogP contribution in [-0.2, 0) is 0 Å². The fraction of sp³-hybridized carbons (Fsp3) is 0.368. The van der Waals surface area contributed by atoms with Gasteiger partial charge in [0, 0.05) is 36.2 Å². The van der Waals surface area contributed by atoms with E-state index >= 15 is 0 Å². The number of phenolic OH excluding ortho intramolecular Hbond substituents is 1. The molecule has 8 nitrogen and oxygen atoms in total. The maximum atomic E-state index is 14.5. The first-order valence-electron chi connectivity index (χ1n) is 9.27. The molecular weight excluding hydrogens is 363 g/mol. The molecular formula is C19H19FN6O2. The molecule has 0 spiro atoms. The average Bonchev–Trinajstić information content (AvgIpc) is 3.27. The van der Waals surface area contributed by atoms with Gasteiger partial charge in [-0.25, -0.2) is 9.07 Å². The van der Waals surface area contributed by atoms with Gasteiger partial charge in [0.05, 0.1) is 23.8 Å². The predicted molar refractivity (Wildman–Crippen MR) is 97.9 cm³/mol. The van der Waals surface area contributed by atoms with E-state index in [4.69, 9.17) is 4.74 Å². The van der Waals surface area contributed by atoms with E-state index < -0.39 is 12.3 Å². The van der Waals surface area contributed by atoms with Gasteiger partial charge in [-0.2, -0.15) is 0 Å². The standard InChI is InChI=1S/C19H19FN6O2/c20-18-15-4-1-11(10-21-15)19(18)28-17-6-5-14(23-24-17)13-3-2-12(9-16(13)27)26-8-7-22-25-26/h2-3,5-9,11,15,18-19,21,27H,1,4,10H2/t11-,15-,18+,19+/m1/s1. The predicted octanol–water partition coefficient (Wildman–Crippen LogP) is 1.90. The van der Waals surface area contributed by atoms with Crippen molar-refractivity contribution in [2.24, 2.45) is 5.92 Å². The first kappa shape index (κ1) is 17.1. The van der Waals surface area contributed by atoms with Gasteiger partial charge in [-0.1, -0.05) is 5.21 Å². The smallest absolute Gasteiger partial charge is 0.233 e. The quantitative estimate of drug-likeness (QED) is 0.711. The van der Waals surface area contributed by atoms with Crippen molar-refractivity contribution in [1.82, 2.24) is 30.5 Å². The molecule has 2 saturated heterocycles. The molecule has 0 unspecified atom stereocenters. The van der Waals surface area contributed by atoms with Crippen molar-refractivity contribution in [3.05, 3.63) is 42.7 Å². The lowest BCUT2D eigenvalue weighted by molar-refractivity contribution is -0.0353. The third kappa shape index (κ3) is 2.97. The molecule has 1 saturated carbocycles. The number of nitrogens with zero attached hydrogens (tertiary/aromatic N) is 5. The van der Waals surface area contributed by atoms with Gasteiger partial charge >= 0.3 is 0 Å². The van der Waals surface area contributed by atoms with E-state index in [2.05, 4.69) is 25.8 Å². The molecule has 0 amide bonds. The summed E-state index contributed by atoms with van der Waals surface area (Å²) in [6.45, 7) is 0.771. The Morgan fingerprint density at radius 3 is 2.75 bits per heavy atom. The van der Waals surface area contributed by atoms with Crippen LogP contribution in [0, 0.1) is 5.92 Å². The van der Waals surface area contributed by atoms with Crippen LogP contribution in [0.15, 0.2) is 42.7 Å². The van der Waals surface area contributed by atoms with E-state index in [0.29, 0.717) is 22.8 Å². The SMILES string of the molecule is Oc1cc(-n2ccnn2)ccc1-c1ccc(O[C@H]2[C@@H]3CC[C@@H](NC3)[C@@H]2F)nn1. The van der Waals surface area contributed by atoms with Gasteiger partial charge < -0.3 is 15.2 Å². The van der Waals surface area contributed by atoms with E-state index in [0.717, 1.165) is 19.4 Å². The van der Waals surface area contributed by atoms with E-state index in [-0.39, 0.29) is 17.7 Å². The molecule has 144 valence electrons. The highest BCUT2D eigenvalue weighted by atomic mass is 19.1. The normalized spacial score (nSPS) is 26.3. The van der Waals surface area contributed by atoms with E-state index in [1.165, 1.54) is 0 Å². The number of benzene rings is 1. The highest BCUT2D eigenvalue weighted by Crippen LogP contribution is 2.35. The Balaban J connectivity index is 1.34. The van der Waals surface area contributed by atoms with E-state index in [1.54, 1.807) is 47.4 Å². The number of alkyl halides is 1. The summed E-state index contributed by atoms with van der Waals surface area (Å²) in [7, 11) is 0. The molecule has 3 fully saturated rings. The number of halogens is 1. The number of fused-ring (bicyclic) bond motifs is 3. The van der Waals surface area contributed by atoms with Gasteiger partial charge in [0.25, 0.3) is 0 Å². The molecule has 2 aromatic heterocycles. The Kier molecular flexibility index (Phi) is 4.16. The summed E-state index contributed by atoms with van der Waals surface area (Å²) in [6.07, 6.45) is 3.52. The molecule has 4 heterocycles. The first-order valence-corrected chi connectivity index (χ1v) is 9.27. The van der Waals surface area contributed by atoms with Crippen molar-refractivity contribution in [2.45, 2.75) is 31.2 Å². The number of ether oxygens (including phenoxy) is 1. The number of aromatic hydroxyl groups is 1. The molecule has 4 atom stereocenters. The largest absolute Gasteiger partial charge is 0.507 e. The zero-order valence-electron chi connectivity index (χ0n) is 14.9. The summed E-state index contributed by atoms with van der Waals surface area (Å²) in [5, 5.41) is 29.4. The maximum absolute atomic E-state index is 14.5. The summed E-state index contributed by atoms with van der Waals surface area (Å²) in [5.41, 5.74) is 1.72. The van der Waals surface area contributed by atoms with Gasteiger partial charge in [-0.15, -0.1) is 15.3 Å². The monoisotopic (exact) mass is 382 g/mol. The molecule has 28 heavy (non-hydrogen) atoms. The minimum atomic E-state index is -1.04. The van der Waals surface area contributed by atoms with Crippen LogP contribution >= 0.6 is 0 Å². The fourth-order valence-electron chi connectivity index (χ4n) is 3.99. The minimum Gasteiger partial charge on any atom is -0.507 e. The summed E-state index contributed by atoms with van der Waals surface area (Å²) in [4.78, 5) is 0. The van der Waals surface area contributed by atoms with Gasteiger partial charge in [0.1, 0.15) is 11.9 Å². The average molecular weight is 382 g/mol. The Bertz CT molecular complexity index is 955. The fourth-order valence-corrected chi connectivity index (χ4v) is 3.99. The van der Waals surface area contributed by atoms with Gasteiger partial charge in [0.15, 0.2) is 6.17 Å². The van der Waals surface area contributed by atoms with Gasteiger partial charge in [-0.05, 0) is 31.0 Å². The van der Waals surface area contributed by atoms with Crippen molar-refractivity contribution in [2.75, 3.05) is 6.54 Å². The topological polar surface area (TPSA) is 98.0 Å². The number of piperidine rings is 2. The molecule has 6 rings (SSSR count). The van der Waals surface area contributed by atoms with Crippen LogP contribution in [0.25, 0.3) is 16.9 Å². The summed E-state index contributed by atoms with van der Waals surface area (Å²) >= 11 is 0. The number of hydrogen-bond acceptors (Lipinski definition) is 7. The Morgan fingerprint density at radius 1 is 1.18 bits per heavy atom. The zero-order chi connectivity index (χ0) is 19.1. The lowest BCUT2D eigenvalue weighted by atomic mass is 9.78. The molecule has 2 N–H and O–H groups in total. The van der Waals surface area contributed by atoms with Crippen LogP contribution in [0.4, 0.5) is 4.39 Å². The summed E-state index contributed by atoms with van der Waals surface area (Å²) < 4.78 is 21.9. The van der Waals surface area contributed by atoms with E-state index in [1.807, 2.05) is 0 Å². The lowest BCUT2D eigenvalue weighted by Gasteiger charge is -2.44. The van der Waals surface area contributed by atoms with Gasteiger partial charge in [0.2, 0.25) is 5.88 Å². The molecule has 3 aromatic rings. The molecule has 2 bridgehead atoms. The van der Waals surface area contributed by atoms with Crippen molar-refractivity contribution in [1.29, 1.82) is 0 Å². The van der Waals surface area contributed by atoms with Crippen LogP contribution < -0.4 is 10.1 Å². The highest BCUT2D eigenvalue weighted by molar-refractivity contribution is 5.68. The number of rotatable bonds is 4. The number of hydrogen-bond donors (Lipinski definition) is 2. The third-order valence-electron chi connectivity index (χ3n) is 5.49. The molecule has 0 radical (unpaired) electrons. The summed E-state index contributed by atoms with van der Waals surface area (Å²) in [5.74, 6) is 0.494. The van der Waals surface area contributed by atoms with Crippen LogP contribution in [-0.4, -0.2) is 55.2 Å². The van der Waals surface area contributed by atoms with Crippen LogP contribution in [0.1, 0.15) is 12.8 Å². The number of phenols is 1. The Labute approximate surface area is 160 Å². The lowest BCUT2D eigenvalue weighted by Crippen LogP contribution is -2.61. The second-order valence-corrected chi connectivity index (χ2v) is 7.18. The second kappa shape index (κ2) is 6.83. The number of nitrogens with one attached hydrogen (secondary N) is 1. The van der Waals surface area contributed by atoms with Crippen LogP contribution in [0.2, 0.25) is 0 Å². The number of aromatic nitrogens is 5. The van der Waals surface area contributed by atoms with Crippen LogP contribution in [0.5, 0.6) is 11.6 Å². The minimum absolute atomic E-state index is 0.0513. The Hall–Kier alpha value is -3.07.